The van der Waals surface area contributed by atoms with E-state index < -0.39 is 0 Å². The lowest BCUT2D eigenvalue weighted by Crippen LogP contribution is -2.47. The largest absolute Gasteiger partial charge is 0.342 e. The highest BCUT2D eigenvalue weighted by Crippen LogP contribution is 2.71. The molecular formula is C16H25NO. The molecule has 1 aliphatic heterocycles. The third-order valence-electron chi connectivity index (χ3n) is 6.27. The molecule has 4 aliphatic rings. The molecule has 0 N–H and O–H groups in total. The Morgan fingerprint density at radius 1 is 0.944 bits per heavy atom. The molecule has 2 spiro atoms. The number of likely N-dealkylation sites (tertiary alicyclic amines) is 1. The van der Waals surface area contributed by atoms with Crippen LogP contribution in [-0.4, -0.2) is 23.9 Å². The van der Waals surface area contributed by atoms with Gasteiger partial charge in [-0.2, -0.15) is 0 Å². The van der Waals surface area contributed by atoms with E-state index in [1.165, 1.54) is 64.2 Å². The number of piperidine rings is 1. The molecule has 3 aliphatic carbocycles. The summed E-state index contributed by atoms with van der Waals surface area (Å²) in [6, 6.07) is 0. The van der Waals surface area contributed by atoms with Crippen molar-refractivity contribution in [1.82, 2.24) is 4.90 Å². The second kappa shape index (κ2) is 3.74. The van der Waals surface area contributed by atoms with Crippen molar-refractivity contribution in [3.63, 3.8) is 0 Å². The van der Waals surface area contributed by atoms with Crippen LogP contribution in [0, 0.1) is 16.7 Å². The lowest BCUT2D eigenvalue weighted by atomic mass is 9.69. The third kappa shape index (κ3) is 1.71. The first-order valence-corrected chi connectivity index (χ1v) is 8.02. The fourth-order valence-corrected chi connectivity index (χ4v) is 4.74. The monoisotopic (exact) mass is 247 g/mol. The van der Waals surface area contributed by atoms with Crippen molar-refractivity contribution in [2.24, 2.45) is 16.7 Å². The van der Waals surface area contributed by atoms with Gasteiger partial charge in [-0.15, -0.1) is 0 Å². The van der Waals surface area contributed by atoms with E-state index in [4.69, 9.17) is 0 Å². The summed E-state index contributed by atoms with van der Waals surface area (Å²) >= 11 is 0. The summed E-state index contributed by atoms with van der Waals surface area (Å²) in [7, 11) is 0. The van der Waals surface area contributed by atoms with E-state index in [0.29, 0.717) is 22.7 Å². The second-order valence-electron chi connectivity index (χ2n) is 7.54. The first kappa shape index (κ1) is 11.3. The molecule has 1 saturated heterocycles. The molecular weight excluding hydrogens is 222 g/mol. The van der Waals surface area contributed by atoms with Crippen LogP contribution >= 0.6 is 0 Å². The van der Waals surface area contributed by atoms with Crippen molar-refractivity contribution in [2.45, 2.75) is 64.2 Å². The van der Waals surface area contributed by atoms with Crippen LogP contribution in [-0.2, 0) is 4.79 Å². The van der Waals surface area contributed by atoms with Crippen molar-refractivity contribution < 1.29 is 4.79 Å². The van der Waals surface area contributed by atoms with Crippen LogP contribution in [0.3, 0.4) is 0 Å². The first-order valence-electron chi connectivity index (χ1n) is 8.02. The SMILES string of the molecule is O=C(C1CC12CC2)N1CCCC2(CCCCC2)C1. The molecule has 0 aromatic carbocycles. The first-order chi connectivity index (χ1) is 8.73. The van der Waals surface area contributed by atoms with Crippen LogP contribution in [0.2, 0.25) is 0 Å². The molecule has 18 heavy (non-hydrogen) atoms. The summed E-state index contributed by atoms with van der Waals surface area (Å²) in [4.78, 5) is 14.8. The predicted octanol–water partition coefficient (Wildman–Crippen LogP) is 3.36. The summed E-state index contributed by atoms with van der Waals surface area (Å²) in [6.45, 7) is 2.14. The van der Waals surface area contributed by atoms with Crippen molar-refractivity contribution in [1.29, 1.82) is 0 Å². The molecule has 3 saturated carbocycles. The summed E-state index contributed by atoms with van der Waals surface area (Å²) in [5.74, 6) is 0.966. The Kier molecular flexibility index (Phi) is 2.35. The molecule has 1 heterocycles. The minimum Gasteiger partial charge on any atom is -0.342 e. The summed E-state index contributed by atoms with van der Waals surface area (Å²) in [6.07, 6.45) is 13.5. The smallest absolute Gasteiger partial charge is 0.226 e. The number of nitrogens with zero attached hydrogens (tertiary/aromatic N) is 1. The van der Waals surface area contributed by atoms with E-state index >= 15 is 0 Å². The minimum absolute atomic E-state index is 0.441. The van der Waals surface area contributed by atoms with Gasteiger partial charge in [0, 0.05) is 19.0 Å². The van der Waals surface area contributed by atoms with Crippen molar-refractivity contribution in [3.05, 3.63) is 0 Å². The van der Waals surface area contributed by atoms with E-state index in [0.717, 1.165) is 13.1 Å². The van der Waals surface area contributed by atoms with Crippen LogP contribution in [0.15, 0.2) is 0 Å². The van der Waals surface area contributed by atoms with Crippen molar-refractivity contribution in [2.75, 3.05) is 13.1 Å². The zero-order chi connectivity index (χ0) is 12.2. The maximum absolute atomic E-state index is 12.6. The van der Waals surface area contributed by atoms with E-state index in [2.05, 4.69) is 4.90 Å². The Morgan fingerprint density at radius 3 is 2.33 bits per heavy atom. The molecule has 0 bridgehead atoms. The number of amides is 1. The number of hydrogen-bond donors (Lipinski definition) is 0. The minimum atomic E-state index is 0.441. The summed E-state index contributed by atoms with van der Waals surface area (Å²) in [5, 5.41) is 0. The van der Waals surface area contributed by atoms with Gasteiger partial charge in [0.05, 0.1) is 0 Å². The maximum atomic E-state index is 12.6. The topological polar surface area (TPSA) is 20.3 Å². The molecule has 0 aromatic rings. The summed E-state index contributed by atoms with van der Waals surface area (Å²) in [5.41, 5.74) is 1.06. The molecule has 4 fully saturated rings. The van der Waals surface area contributed by atoms with E-state index in [1.807, 2.05) is 0 Å². The molecule has 0 radical (unpaired) electrons. The third-order valence-corrected chi connectivity index (χ3v) is 6.27. The molecule has 100 valence electrons. The Labute approximate surface area is 110 Å². The van der Waals surface area contributed by atoms with E-state index in [-0.39, 0.29) is 0 Å². The predicted molar refractivity (Wildman–Crippen MR) is 71.1 cm³/mol. The van der Waals surface area contributed by atoms with Crippen LogP contribution in [0.4, 0.5) is 0 Å². The highest BCUT2D eigenvalue weighted by Gasteiger charge is 2.66. The average molecular weight is 247 g/mol. The molecule has 1 amide bonds. The Morgan fingerprint density at radius 2 is 1.67 bits per heavy atom. The summed E-state index contributed by atoms with van der Waals surface area (Å²) < 4.78 is 0. The average Bonchev–Trinajstić information content (AvgIpc) is 3.31. The number of carbonyl (C=O) groups excluding carboxylic acids is 1. The van der Waals surface area contributed by atoms with Gasteiger partial charge in [-0.3, -0.25) is 4.79 Å². The van der Waals surface area contributed by atoms with Gasteiger partial charge in [0.1, 0.15) is 0 Å². The molecule has 0 aromatic heterocycles. The number of hydrogen-bond acceptors (Lipinski definition) is 1. The zero-order valence-corrected chi connectivity index (χ0v) is 11.4. The van der Waals surface area contributed by atoms with Gasteiger partial charge in [0.15, 0.2) is 0 Å². The van der Waals surface area contributed by atoms with Crippen LogP contribution in [0.5, 0.6) is 0 Å². The van der Waals surface area contributed by atoms with Gasteiger partial charge in [0.2, 0.25) is 5.91 Å². The van der Waals surface area contributed by atoms with Gasteiger partial charge in [-0.05, 0) is 55.8 Å². The molecule has 4 rings (SSSR count). The molecule has 1 atom stereocenters. The quantitative estimate of drug-likeness (QED) is 0.696. The lowest BCUT2D eigenvalue weighted by molar-refractivity contribution is -0.137. The fourth-order valence-electron chi connectivity index (χ4n) is 4.74. The zero-order valence-electron chi connectivity index (χ0n) is 11.4. The van der Waals surface area contributed by atoms with E-state index in [9.17, 15) is 4.79 Å². The number of carbonyl (C=O) groups is 1. The lowest BCUT2D eigenvalue weighted by Gasteiger charge is -2.45. The maximum Gasteiger partial charge on any atom is 0.226 e. The Bertz CT molecular complexity index is 360. The molecule has 2 nitrogen and oxygen atoms in total. The fraction of sp³-hybridized carbons (Fsp3) is 0.938. The Balaban J connectivity index is 1.44. The van der Waals surface area contributed by atoms with Crippen LogP contribution in [0.1, 0.15) is 64.2 Å². The van der Waals surface area contributed by atoms with Crippen LogP contribution in [0.25, 0.3) is 0 Å². The van der Waals surface area contributed by atoms with Gasteiger partial charge in [0.25, 0.3) is 0 Å². The van der Waals surface area contributed by atoms with Crippen LogP contribution < -0.4 is 0 Å². The Hall–Kier alpha value is -0.530. The normalized spacial score (nSPS) is 35.8. The van der Waals surface area contributed by atoms with Gasteiger partial charge in [-0.1, -0.05) is 19.3 Å². The van der Waals surface area contributed by atoms with Gasteiger partial charge >= 0.3 is 0 Å². The highest BCUT2D eigenvalue weighted by molar-refractivity contribution is 5.83. The van der Waals surface area contributed by atoms with Crippen molar-refractivity contribution >= 4 is 5.91 Å². The molecule has 1 unspecified atom stereocenters. The van der Waals surface area contributed by atoms with E-state index in [1.54, 1.807) is 0 Å². The second-order valence-corrected chi connectivity index (χ2v) is 7.54. The standard InChI is InChI=1S/C16H25NO/c18-14(13-11-16(13)8-9-16)17-10-4-7-15(12-17)5-2-1-3-6-15/h13H,1-12H2. The van der Waals surface area contributed by atoms with Crippen molar-refractivity contribution in [3.8, 4) is 0 Å². The molecule has 2 heteroatoms. The van der Waals surface area contributed by atoms with Gasteiger partial charge < -0.3 is 4.90 Å². The van der Waals surface area contributed by atoms with Gasteiger partial charge in [-0.25, -0.2) is 0 Å². The number of rotatable bonds is 1. The highest BCUT2D eigenvalue weighted by atomic mass is 16.2.